The predicted molar refractivity (Wildman–Crippen MR) is 85.4 cm³/mol. The van der Waals surface area contributed by atoms with E-state index in [2.05, 4.69) is 37.9 Å². The molecule has 21 heavy (non-hydrogen) atoms. The van der Waals surface area contributed by atoms with Gasteiger partial charge in [0.2, 0.25) is 0 Å². The van der Waals surface area contributed by atoms with Crippen molar-refractivity contribution in [1.82, 2.24) is 9.97 Å². The Morgan fingerprint density at radius 1 is 1.29 bits per heavy atom. The zero-order valence-corrected chi connectivity index (χ0v) is 13.6. The summed E-state index contributed by atoms with van der Waals surface area (Å²) >= 11 is 2.24. The lowest BCUT2D eigenvalue weighted by Crippen LogP contribution is -2.08. The van der Waals surface area contributed by atoms with Crippen molar-refractivity contribution >= 4 is 28.4 Å². The van der Waals surface area contributed by atoms with E-state index in [1.165, 1.54) is 12.1 Å². The Bertz CT molecular complexity index is 687. The van der Waals surface area contributed by atoms with E-state index < -0.39 is 11.6 Å². The number of nitrogens with one attached hydrogen (secondary N) is 1. The van der Waals surface area contributed by atoms with Crippen molar-refractivity contribution in [3.63, 3.8) is 0 Å². The van der Waals surface area contributed by atoms with E-state index in [-0.39, 0.29) is 6.42 Å². The summed E-state index contributed by atoms with van der Waals surface area (Å²) in [7, 11) is 1.81. The highest BCUT2D eigenvalue weighted by atomic mass is 127. The number of hydrogen-bond acceptors (Lipinski definition) is 3. The van der Waals surface area contributed by atoms with Gasteiger partial charge in [0.15, 0.2) is 0 Å². The van der Waals surface area contributed by atoms with Gasteiger partial charge in [0.25, 0.3) is 0 Å². The highest BCUT2D eigenvalue weighted by molar-refractivity contribution is 14.1. The van der Waals surface area contributed by atoms with Gasteiger partial charge < -0.3 is 5.32 Å². The summed E-state index contributed by atoms with van der Waals surface area (Å²) in [6.45, 7) is 0. The average molecular weight is 401 g/mol. The molecule has 1 N–H and O–H groups in total. The monoisotopic (exact) mass is 401 g/mol. The molecule has 1 fully saturated rings. The Balaban J connectivity index is 1.96. The summed E-state index contributed by atoms with van der Waals surface area (Å²) < 4.78 is 27.7. The number of hydrogen-bond donors (Lipinski definition) is 1. The largest absolute Gasteiger partial charge is 0.372 e. The lowest BCUT2D eigenvalue weighted by Gasteiger charge is -2.11. The first-order valence-corrected chi connectivity index (χ1v) is 7.84. The molecule has 1 aromatic carbocycles. The van der Waals surface area contributed by atoms with Gasteiger partial charge in [-0.05, 0) is 47.1 Å². The first-order chi connectivity index (χ1) is 10.1. The molecule has 0 unspecified atom stereocenters. The fraction of sp³-hybridized carbons (Fsp3) is 0.333. The van der Waals surface area contributed by atoms with Crippen LogP contribution in [0.15, 0.2) is 18.2 Å². The van der Waals surface area contributed by atoms with Crippen LogP contribution in [0.5, 0.6) is 0 Å². The number of benzene rings is 1. The van der Waals surface area contributed by atoms with Crippen LogP contribution in [0, 0.1) is 15.2 Å². The third-order valence-corrected chi connectivity index (χ3v) is 4.55. The molecule has 0 radical (unpaired) electrons. The first kappa shape index (κ1) is 14.6. The SMILES string of the molecule is CNc1nc(Cc2ccc(F)cc2F)nc(C2CC2)c1I. The van der Waals surface area contributed by atoms with Crippen LogP contribution in [-0.2, 0) is 6.42 Å². The Morgan fingerprint density at radius 2 is 2.05 bits per heavy atom. The molecule has 0 saturated heterocycles. The molecule has 0 amide bonds. The highest BCUT2D eigenvalue weighted by Crippen LogP contribution is 2.42. The summed E-state index contributed by atoms with van der Waals surface area (Å²) in [5.41, 5.74) is 1.44. The third kappa shape index (κ3) is 3.14. The number of rotatable bonds is 4. The predicted octanol–water partition coefficient (Wildman–Crippen LogP) is 3.87. The smallest absolute Gasteiger partial charge is 0.143 e. The topological polar surface area (TPSA) is 37.8 Å². The molecule has 1 saturated carbocycles. The molecular weight excluding hydrogens is 387 g/mol. The van der Waals surface area contributed by atoms with E-state index in [1.54, 1.807) is 0 Å². The number of anilines is 1. The van der Waals surface area contributed by atoms with Crippen LogP contribution in [0.25, 0.3) is 0 Å². The van der Waals surface area contributed by atoms with Crippen molar-refractivity contribution in [3.05, 3.63) is 50.5 Å². The Morgan fingerprint density at radius 3 is 2.67 bits per heavy atom. The van der Waals surface area contributed by atoms with Crippen LogP contribution in [0.2, 0.25) is 0 Å². The quantitative estimate of drug-likeness (QED) is 0.791. The molecule has 110 valence electrons. The second-order valence-corrected chi connectivity index (χ2v) is 6.20. The fourth-order valence-corrected chi connectivity index (χ4v) is 3.17. The lowest BCUT2D eigenvalue weighted by atomic mass is 10.1. The van der Waals surface area contributed by atoms with Gasteiger partial charge in [0.1, 0.15) is 23.3 Å². The average Bonchev–Trinajstić information content (AvgIpc) is 3.28. The van der Waals surface area contributed by atoms with Crippen LogP contribution >= 0.6 is 22.6 Å². The summed E-state index contributed by atoms with van der Waals surface area (Å²) in [4.78, 5) is 9.01. The molecule has 1 heterocycles. The van der Waals surface area contributed by atoms with Gasteiger partial charge >= 0.3 is 0 Å². The van der Waals surface area contributed by atoms with E-state index >= 15 is 0 Å². The van der Waals surface area contributed by atoms with Gasteiger partial charge in [-0.2, -0.15) is 0 Å². The Labute approximate surface area is 135 Å². The zero-order valence-electron chi connectivity index (χ0n) is 11.5. The second kappa shape index (κ2) is 5.82. The molecule has 1 aromatic heterocycles. The van der Waals surface area contributed by atoms with Crippen molar-refractivity contribution in [2.45, 2.75) is 25.2 Å². The summed E-state index contributed by atoms with van der Waals surface area (Å²) in [6.07, 6.45) is 2.54. The molecular formula is C15H14F2IN3. The maximum Gasteiger partial charge on any atom is 0.143 e. The minimum absolute atomic E-state index is 0.261. The molecule has 6 heteroatoms. The zero-order chi connectivity index (χ0) is 15.0. The van der Waals surface area contributed by atoms with E-state index in [4.69, 9.17) is 0 Å². The molecule has 0 bridgehead atoms. The van der Waals surface area contributed by atoms with Crippen LogP contribution in [0.1, 0.15) is 35.8 Å². The molecule has 0 atom stereocenters. The maximum atomic E-state index is 13.8. The van der Waals surface area contributed by atoms with Crippen LogP contribution in [-0.4, -0.2) is 17.0 Å². The Kier molecular flexibility index (Phi) is 4.05. The fourth-order valence-electron chi connectivity index (χ4n) is 2.22. The summed E-state index contributed by atoms with van der Waals surface area (Å²) in [5, 5.41) is 3.06. The molecule has 0 aliphatic heterocycles. The highest BCUT2D eigenvalue weighted by Gasteiger charge is 2.29. The van der Waals surface area contributed by atoms with Crippen LogP contribution < -0.4 is 5.32 Å². The second-order valence-electron chi connectivity index (χ2n) is 5.12. The summed E-state index contributed by atoms with van der Waals surface area (Å²) in [6, 6.07) is 3.59. The normalized spacial score (nSPS) is 14.3. The maximum absolute atomic E-state index is 13.8. The van der Waals surface area contributed by atoms with Gasteiger partial charge in [0.05, 0.1) is 9.26 Å². The van der Waals surface area contributed by atoms with E-state index in [0.29, 0.717) is 17.3 Å². The van der Waals surface area contributed by atoms with Crippen molar-refractivity contribution in [2.24, 2.45) is 0 Å². The molecule has 2 aromatic rings. The van der Waals surface area contributed by atoms with E-state index in [1.807, 2.05) is 7.05 Å². The number of nitrogens with zero attached hydrogens (tertiary/aromatic N) is 2. The number of halogens is 3. The third-order valence-electron chi connectivity index (χ3n) is 3.49. The molecule has 3 nitrogen and oxygen atoms in total. The van der Waals surface area contributed by atoms with Crippen molar-refractivity contribution in [1.29, 1.82) is 0 Å². The van der Waals surface area contributed by atoms with Gasteiger partial charge in [-0.3, -0.25) is 0 Å². The van der Waals surface area contributed by atoms with Gasteiger partial charge in [-0.1, -0.05) is 6.07 Å². The van der Waals surface area contributed by atoms with Crippen molar-refractivity contribution < 1.29 is 8.78 Å². The Hall–Kier alpha value is -1.31. The van der Waals surface area contributed by atoms with E-state index in [0.717, 1.165) is 34.0 Å². The van der Waals surface area contributed by atoms with Gasteiger partial charge in [-0.25, -0.2) is 18.7 Å². The van der Waals surface area contributed by atoms with Crippen LogP contribution in [0.4, 0.5) is 14.6 Å². The molecule has 3 rings (SSSR count). The van der Waals surface area contributed by atoms with Crippen molar-refractivity contribution in [3.8, 4) is 0 Å². The standard InChI is InChI=1S/C15H14F2IN3/c1-19-15-13(18)14(8-2-3-8)20-12(21-15)6-9-4-5-10(16)7-11(9)17/h4-5,7-8H,2-3,6H2,1H3,(H,19,20,21). The molecule has 1 aliphatic carbocycles. The van der Waals surface area contributed by atoms with E-state index in [9.17, 15) is 8.78 Å². The number of aromatic nitrogens is 2. The van der Waals surface area contributed by atoms with Crippen molar-refractivity contribution in [2.75, 3.05) is 12.4 Å². The molecule has 0 spiro atoms. The molecule has 1 aliphatic rings. The summed E-state index contributed by atoms with van der Waals surface area (Å²) in [5.74, 6) is 0.687. The van der Waals surface area contributed by atoms with Gasteiger partial charge in [0, 0.05) is 25.5 Å². The minimum atomic E-state index is -0.575. The first-order valence-electron chi connectivity index (χ1n) is 6.76. The minimum Gasteiger partial charge on any atom is -0.372 e. The lowest BCUT2D eigenvalue weighted by molar-refractivity contribution is 0.573. The van der Waals surface area contributed by atoms with Gasteiger partial charge in [-0.15, -0.1) is 0 Å². The van der Waals surface area contributed by atoms with Crippen LogP contribution in [0.3, 0.4) is 0 Å².